The van der Waals surface area contributed by atoms with E-state index in [4.69, 9.17) is 37.0 Å². The van der Waals surface area contributed by atoms with Crippen molar-refractivity contribution < 1.29 is 80.2 Å². The highest BCUT2D eigenvalue weighted by Crippen LogP contribution is 2.45. The third-order valence-electron chi connectivity index (χ3n) is 15.9. The van der Waals surface area contributed by atoms with Crippen LogP contribution in [0.25, 0.3) is 0 Å². The van der Waals surface area contributed by atoms with Crippen molar-refractivity contribution in [3.8, 4) is 0 Å². The Morgan fingerprint density at radius 1 is 0.329 bits per heavy atom. The van der Waals surface area contributed by atoms with Gasteiger partial charge in [-0.05, 0) is 37.5 Å². The van der Waals surface area contributed by atoms with E-state index in [-0.39, 0.29) is 25.7 Å². The summed E-state index contributed by atoms with van der Waals surface area (Å²) in [6.07, 6.45) is 41.6. The van der Waals surface area contributed by atoms with Gasteiger partial charge in [0.15, 0.2) is 12.2 Å². The number of ether oxygens (including phenoxy) is 4. The molecule has 0 rings (SSSR count). The quantitative estimate of drug-likeness (QED) is 0.0222. The number of carbonyl (C=O) groups is 4. The predicted molar refractivity (Wildman–Crippen MR) is 340 cm³/mol. The summed E-state index contributed by atoms with van der Waals surface area (Å²) in [6.45, 7) is 9.46. The molecule has 85 heavy (non-hydrogen) atoms. The molecule has 0 aromatic rings. The van der Waals surface area contributed by atoms with E-state index < -0.39 is 97.5 Å². The van der Waals surface area contributed by atoms with E-state index in [1.165, 1.54) is 148 Å². The van der Waals surface area contributed by atoms with Gasteiger partial charge in [0.2, 0.25) is 0 Å². The maximum absolute atomic E-state index is 13.0. The first-order valence-corrected chi connectivity index (χ1v) is 37.6. The molecular weight excluding hydrogens is 1130 g/mol. The molecule has 0 radical (unpaired) electrons. The standard InChI is InChI=1S/C66H128O17P2/c1-7-11-13-15-17-19-20-21-22-23-25-31-38-44-50-65(70)82-61(54-77-64(69)49-43-37-30-27-26-28-34-40-46-58(5)9-3)56-80-84(72,73)78-52-60(67)53-79-85(74,75)81-57-62(55-76-63(68)48-42-36-29-24-18-16-14-12-8-2)83-66(71)51-45-39-33-32-35-41-47-59(6)10-4/h58-62,67H,7-57H2,1-6H3,(H,72,73)(H,74,75)/t58?,59?,60-,61-,62-/m1/s1. The van der Waals surface area contributed by atoms with Gasteiger partial charge in [0.25, 0.3) is 0 Å². The number of phosphoric ester groups is 2. The Morgan fingerprint density at radius 2 is 0.565 bits per heavy atom. The van der Waals surface area contributed by atoms with Gasteiger partial charge in [-0.2, -0.15) is 0 Å². The number of aliphatic hydroxyl groups excluding tert-OH is 1. The first kappa shape index (κ1) is 83.1. The van der Waals surface area contributed by atoms with E-state index in [0.29, 0.717) is 25.7 Å². The van der Waals surface area contributed by atoms with E-state index >= 15 is 0 Å². The molecular formula is C66H128O17P2. The molecule has 0 bridgehead atoms. The summed E-state index contributed by atoms with van der Waals surface area (Å²) >= 11 is 0. The summed E-state index contributed by atoms with van der Waals surface area (Å²) in [5.74, 6) is -0.635. The molecule has 0 heterocycles. The van der Waals surface area contributed by atoms with Crippen LogP contribution in [-0.2, 0) is 65.4 Å². The van der Waals surface area contributed by atoms with Gasteiger partial charge < -0.3 is 33.8 Å². The summed E-state index contributed by atoms with van der Waals surface area (Å²) in [5.41, 5.74) is 0. The number of carbonyl (C=O) groups excluding carboxylic acids is 4. The SMILES string of the molecule is CCCCCCCCCCCCCCCCC(=O)O[C@H](COC(=O)CCCCCCCCCCC(C)CC)COP(=O)(O)OC[C@@H](O)COP(=O)(O)OC[C@@H](COC(=O)CCCCCCCCCCC)OC(=O)CCCCCCCCC(C)CC. The van der Waals surface area contributed by atoms with Gasteiger partial charge in [-0.25, -0.2) is 9.13 Å². The first-order chi connectivity index (χ1) is 40.9. The average molecular weight is 1260 g/mol. The van der Waals surface area contributed by atoms with Crippen LogP contribution in [0.15, 0.2) is 0 Å². The van der Waals surface area contributed by atoms with E-state index in [1.54, 1.807) is 0 Å². The van der Waals surface area contributed by atoms with Crippen LogP contribution < -0.4 is 0 Å². The largest absolute Gasteiger partial charge is 0.472 e. The fourth-order valence-electron chi connectivity index (χ4n) is 9.82. The molecule has 4 unspecified atom stereocenters. The molecule has 0 fully saturated rings. The van der Waals surface area contributed by atoms with Gasteiger partial charge in [-0.1, -0.05) is 279 Å². The summed E-state index contributed by atoms with van der Waals surface area (Å²) < 4.78 is 68.1. The molecule has 3 N–H and O–H groups in total. The Kier molecular flexibility index (Phi) is 57.1. The van der Waals surface area contributed by atoms with Gasteiger partial charge in [0, 0.05) is 25.7 Å². The topological polar surface area (TPSA) is 237 Å². The van der Waals surface area contributed by atoms with E-state index in [0.717, 1.165) is 102 Å². The van der Waals surface area contributed by atoms with Crippen LogP contribution in [0, 0.1) is 11.8 Å². The third-order valence-corrected chi connectivity index (χ3v) is 17.8. The van der Waals surface area contributed by atoms with Crippen molar-refractivity contribution in [2.24, 2.45) is 11.8 Å². The van der Waals surface area contributed by atoms with Gasteiger partial charge in [0.1, 0.15) is 19.3 Å². The maximum atomic E-state index is 13.0. The smallest absolute Gasteiger partial charge is 0.462 e. The predicted octanol–water partition coefficient (Wildman–Crippen LogP) is 18.4. The maximum Gasteiger partial charge on any atom is 0.472 e. The van der Waals surface area contributed by atoms with Crippen molar-refractivity contribution in [1.29, 1.82) is 0 Å². The second kappa shape index (κ2) is 58.4. The van der Waals surface area contributed by atoms with Crippen LogP contribution in [0.2, 0.25) is 0 Å². The van der Waals surface area contributed by atoms with Crippen molar-refractivity contribution in [3.05, 3.63) is 0 Å². The van der Waals surface area contributed by atoms with Crippen molar-refractivity contribution >= 4 is 39.5 Å². The average Bonchev–Trinajstić information content (AvgIpc) is 3.57. The molecule has 0 spiro atoms. The molecule has 0 saturated carbocycles. The lowest BCUT2D eigenvalue weighted by atomic mass is 9.99. The van der Waals surface area contributed by atoms with Gasteiger partial charge in [-0.15, -0.1) is 0 Å². The number of rotatable bonds is 65. The second-order valence-electron chi connectivity index (χ2n) is 24.3. The van der Waals surface area contributed by atoms with Crippen molar-refractivity contribution in [1.82, 2.24) is 0 Å². The number of aliphatic hydroxyl groups is 1. The van der Waals surface area contributed by atoms with E-state index in [9.17, 15) is 43.2 Å². The van der Waals surface area contributed by atoms with Crippen LogP contribution in [0.4, 0.5) is 0 Å². The highest BCUT2D eigenvalue weighted by Gasteiger charge is 2.30. The zero-order valence-electron chi connectivity index (χ0n) is 54.9. The molecule has 0 aliphatic heterocycles. The zero-order chi connectivity index (χ0) is 62.9. The second-order valence-corrected chi connectivity index (χ2v) is 27.2. The van der Waals surface area contributed by atoms with E-state index in [2.05, 4.69) is 41.5 Å². The van der Waals surface area contributed by atoms with Crippen LogP contribution in [0.1, 0.15) is 330 Å². The summed E-state index contributed by atoms with van der Waals surface area (Å²) in [7, 11) is -9.89. The molecule has 0 aromatic heterocycles. The molecule has 0 saturated heterocycles. The summed E-state index contributed by atoms with van der Waals surface area (Å²) in [4.78, 5) is 72.3. The normalized spacial score (nSPS) is 14.9. The van der Waals surface area contributed by atoms with Crippen molar-refractivity contribution in [3.63, 3.8) is 0 Å². The van der Waals surface area contributed by atoms with Crippen LogP contribution in [0.5, 0.6) is 0 Å². The van der Waals surface area contributed by atoms with Gasteiger partial charge >= 0.3 is 39.5 Å². The van der Waals surface area contributed by atoms with Crippen molar-refractivity contribution in [2.75, 3.05) is 39.6 Å². The molecule has 19 heteroatoms. The van der Waals surface area contributed by atoms with Gasteiger partial charge in [0.05, 0.1) is 26.4 Å². The third kappa shape index (κ3) is 58.2. The lowest BCUT2D eigenvalue weighted by molar-refractivity contribution is -0.161. The lowest BCUT2D eigenvalue weighted by Gasteiger charge is -2.21. The van der Waals surface area contributed by atoms with Crippen LogP contribution in [0.3, 0.4) is 0 Å². The minimum absolute atomic E-state index is 0.103. The Bertz CT molecular complexity index is 1670. The summed E-state index contributed by atoms with van der Waals surface area (Å²) in [6, 6.07) is 0. The number of esters is 4. The number of hydrogen-bond donors (Lipinski definition) is 3. The highest BCUT2D eigenvalue weighted by molar-refractivity contribution is 7.47. The molecule has 0 aromatic carbocycles. The van der Waals surface area contributed by atoms with E-state index in [1.807, 2.05) is 0 Å². The molecule has 0 aliphatic carbocycles. The molecule has 7 atom stereocenters. The van der Waals surface area contributed by atoms with Gasteiger partial charge in [-0.3, -0.25) is 37.3 Å². The monoisotopic (exact) mass is 1250 g/mol. The van der Waals surface area contributed by atoms with Crippen molar-refractivity contribution in [2.45, 2.75) is 349 Å². The number of unbranched alkanes of at least 4 members (excludes halogenated alkanes) is 33. The Labute approximate surface area is 517 Å². The molecule has 0 aliphatic rings. The van der Waals surface area contributed by atoms with Crippen LogP contribution >= 0.6 is 15.6 Å². The Morgan fingerprint density at radius 3 is 0.835 bits per heavy atom. The Hall–Kier alpha value is -1.94. The number of hydrogen-bond acceptors (Lipinski definition) is 15. The molecule has 17 nitrogen and oxygen atoms in total. The number of phosphoric acid groups is 2. The first-order valence-electron chi connectivity index (χ1n) is 34.6. The van der Waals surface area contributed by atoms with Crippen LogP contribution in [-0.4, -0.2) is 96.7 Å². The highest BCUT2D eigenvalue weighted by atomic mass is 31.2. The minimum Gasteiger partial charge on any atom is -0.462 e. The fourth-order valence-corrected chi connectivity index (χ4v) is 11.4. The molecule has 0 amide bonds. The fraction of sp³-hybridized carbons (Fsp3) is 0.939. The molecule has 504 valence electrons. The Balaban J connectivity index is 5.25. The zero-order valence-corrected chi connectivity index (χ0v) is 56.7. The minimum atomic E-state index is -4.95. The summed E-state index contributed by atoms with van der Waals surface area (Å²) in [5, 5.41) is 10.5. The lowest BCUT2D eigenvalue weighted by Crippen LogP contribution is -2.30.